The molecule has 9 heteroatoms. The number of sulfone groups is 1. The highest BCUT2D eigenvalue weighted by molar-refractivity contribution is 14.1. The minimum absolute atomic E-state index is 0.156. The molecular weight excluding hydrogens is 448 g/mol. The van der Waals surface area contributed by atoms with Gasteiger partial charge in [-0.05, 0) is 65.1 Å². The number of ether oxygens (including phenoxy) is 2. The summed E-state index contributed by atoms with van der Waals surface area (Å²) in [7, 11) is -3.32. The Morgan fingerprint density at radius 2 is 1.57 bits per heavy atom. The number of hydrogen-bond donors (Lipinski definition) is 0. The first-order chi connectivity index (χ1) is 10.5. The van der Waals surface area contributed by atoms with E-state index in [1.54, 1.807) is 0 Å². The summed E-state index contributed by atoms with van der Waals surface area (Å²) in [5.41, 5.74) is 0. The number of halogens is 4. The van der Waals surface area contributed by atoms with Crippen LogP contribution in [0.3, 0.4) is 0 Å². The van der Waals surface area contributed by atoms with Gasteiger partial charge >= 0.3 is 6.36 Å². The van der Waals surface area contributed by atoms with Crippen LogP contribution in [-0.4, -0.2) is 21.0 Å². The Labute approximate surface area is 144 Å². The van der Waals surface area contributed by atoms with E-state index in [9.17, 15) is 21.6 Å². The third-order valence-electron chi connectivity index (χ3n) is 2.62. The van der Waals surface area contributed by atoms with Gasteiger partial charge in [-0.3, -0.25) is 0 Å². The van der Waals surface area contributed by atoms with Crippen molar-refractivity contribution in [3.63, 3.8) is 0 Å². The van der Waals surface area contributed by atoms with Crippen molar-refractivity contribution >= 4 is 32.4 Å². The molecule has 0 heterocycles. The molecule has 0 fully saturated rings. The predicted molar refractivity (Wildman–Crippen MR) is 85.5 cm³/mol. The molecule has 0 spiro atoms. The molecule has 0 amide bonds. The quantitative estimate of drug-likeness (QED) is 0.639. The van der Waals surface area contributed by atoms with Crippen LogP contribution < -0.4 is 9.47 Å². The first-order valence-corrected chi connectivity index (χ1v) is 9.05. The van der Waals surface area contributed by atoms with Crippen molar-refractivity contribution in [1.29, 1.82) is 0 Å². The van der Waals surface area contributed by atoms with E-state index in [0.717, 1.165) is 18.4 Å². The number of rotatable bonds is 4. The van der Waals surface area contributed by atoms with Crippen LogP contribution in [0.15, 0.2) is 47.4 Å². The second-order valence-corrected chi connectivity index (χ2v) is 7.66. The monoisotopic (exact) mass is 458 g/mol. The van der Waals surface area contributed by atoms with Crippen LogP contribution in [0, 0.1) is 3.57 Å². The standard InChI is InChI=1S/C14H10F3IO4S/c1-23(19,20)11-6-7-13(12(18)8-11)21-9-2-4-10(5-3-9)22-14(15,16)17/h2-8H,1H3. The maximum absolute atomic E-state index is 12.1. The summed E-state index contributed by atoms with van der Waals surface area (Å²) in [6.45, 7) is 0. The smallest absolute Gasteiger partial charge is 0.456 e. The lowest BCUT2D eigenvalue weighted by molar-refractivity contribution is -0.274. The van der Waals surface area contributed by atoms with E-state index >= 15 is 0 Å². The van der Waals surface area contributed by atoms with Crippen LogP contribution >= 0.6 is 22.6 Å². The van der Waals surface area contributed by atoms with Crippen LogP contribution in [0.2, 0.25) is 0 Å². The van der Waals surface area contributed by atoms with Gasteiger partial charge < -0.3 is 9.47 Å². The van der Waals surface area contributed by atoms with E-state index in [1.165, 1.54) is 30.3 Å². The first-order valence-electron chi connectivity index (χ1n) is 6.08. The van der Waals surface area contributed by atoms with Crippen LogP contribution in [0.25, 0.3) is 0 Å². The molecule has 0 bridgehead atoms. The molecule has 0 radical (unpaired) electrons. The topological polar surface area (TPSA) is 52.6 Å². The zero-order valence-corrected chi connectivity index (χ0v) is 14.6. The largest absolute Gasteiger partial charge is 0.573 e. The van der Waals surface area contributed by atoms with Gasteiger partial charge in [-0.25, -0.2) is 8.42 Å². The lowest BCUT2D eigenvalue weighted by Crippen LogP contribution is -2.16. The van der Waals surface area contributed by atoms with Crippen LogP contribution in [0.1, 0.15) is 0 Å². The van der Waals surface area contributed by atoms with Gasteiger partial charge in [0.15, 0.2) is 9.84 Å². The Bertz CT molecular complexity index is 802. The molecule has 2 aromatic rings. The Hall–Kier alpha value is -1.49. The average molecular weight is 458 g/mol. The molecule has 124 valence electrons. The lowest BCUT2D eigenvalue weighted by Gasteiger charge is -2.11. The molecule has 0 saturated carbocycles. The highest BCUT2D eigenvalue weighted by Gasteiger charge is 2.31. The zero-order valence-electron chi connectivity index (χ0n) is 11.6. The lowest BCUT2D eigenvalue weighted by atomic mass is 10.3. The molecule has 0 unspecified atom stereocenters. The molecule has 2 aromatic carbocycles. The van der Waals surface area contributed by atoms with Crippen molar-refractivity contribution in [2.24, 2.45) is 0 Å². The zero-order chi connectivity index (χ0) is 17.3. The van der Waals surface area contributed by atoms with Crippen molar-refractivity contribution in [3.8, 4) is 17.2 Å². The Morgan fingerprint density at radius 3 is 2.04 bits per heavy atom. The molecule has 0 aliphatic heterocycles. The van der Waals surface area contributed by atoms with Crippen molar-refractivity contribution in [2.45, 2.75) is 11.3 Å². The summed E-state index contributed by atoms with van der Waals surface area (Å²) in [6.07, 6.45) is -3.66. The second-order valence-electron chi connectivity index (χ2n) is 4.49. The summed E-state index contributed by atoms with van der Waals surface area (Å²) in [5, 5.41) is 0. The Morgan fingerprint density at radius 1 is 1.00 bits per heavy atom. The highest BCUT2D eigenvalue weighted by atomic mass is 127. The Balaban J connectivity index is 2.16. The van der Waals surface area contributed by atoms with Crippen molar-refractivity contribution in [1.82, 2.24) is 0 Å². The SMILES string of the molecule is CS(=O)(=O)c1ccc(Oc2ccc(OC(F)(F)F)cc2)c(I)c1. The third kappa shape index (κ3) is 5.27. The molecule has 23 heavy (non-hydrogen) atoms. The summed E-state index contributed by atoms with van der Waals surface area (Å²) in [4.78, 5) is 0.156. The third-order valence-corrected chi connectivity index (χ3v) is 4.57. The van der Waals surface area contributed by atoms with E-state index in [-0.39, 0.29) is 10.6 Å². The van der Waals surface area contributed by atoms with Crippen molar-refractivity contribution in [3.05, 3.63) is 46.0 Å². The fraction of sp³-hybridized carbons (Fsp3) is 0.143. The van der Waals surface area contributed by atoms with Crippen LogP contribution in [0.4, 0.5) is 13.2 Å². The molecule has 4 nitrogen and oxygen atoms in total. The maximum Gasteiger partial charge on any atom is 0.573 e. The van der Waals surface area contributed by atoms with Crippen molar-refractivity contribution < 1.29 is 31.1 Å². The molecule has 0 saturated heterocycles. The molecule has 0 atom stereocenters. The Kier molecular flexibility index (Phi) is 5.09. The highest BCUT2D eigenvalue weighted by Crippen LogP contribution is 2.30. The van der Waals surface area contributed by atoms with Crippen molar-refractivity contribution in [2.75, 3.05) is 6.26 Å². The average Bonchev–Trinajstić information content (AvgIpc) is 2.40. The van der Waals surface area contributed by atoms with E-state index in [0.29, 0.717) is 15.1 Å². The summed E-state index contributed by atoms with van der Waals surface area (Å²) >= 11 is 1.91. The minimum Gasteiger partial charge on any atom is -0.456 e. The van der Waals surface area contributed by atoms with Gasteiger partial charge in [0.1, 0.15) is 17.2 Å². The number of alkyl halides is 3. The van der Waals surface area contributed by atoms with Gasteiger partial charge in [-0.15, -0.1) is 13.2 Å². The minimum atomic E-state index is -4.75. The van der Waals surface area contributed by atoms with Crippen LogP contribution in [-0.2, 0) is 9.84 Å². The molecular formula is C14H10F3IO4S. The van der Waals surface area contributed by atoms with E-state index in [4.69, 9.17) is 4.74 Å². The summed E-state index contributed by atoms with van der Waals surface area (Å²) in [5.74, 6) is 0.332. The fourth-order valence-corrected chi connectivity index (χ4v) is 3.12. The van der Waals surface area contributed by atoms with E-state index in [1.807, 2.05) is 22.6 Å². The van der Waals surface area contributed by atoms with E-state index < -0.39 is 16.2 Å². The number of hydrogen-bond acceptors (Lipinski definition) is 4. The van der Waals surface area contributed by atoms with Crippen LogP contribution in [0.5, 0.6) is 17.2 Å². The van der Waals surface area contributed by atoms with E-state index in [2.05, 4.69) is 4.74 Å². The maximum atomic E-state index is 12.1. The molecule has 0 N–H and O–H groups in total. The normalized spacial score (nSPS) is 12.0. The second kappa shape index (κ2) is 6.56. The van der Waals surface area contributed by atoms with Gasteiger partial charge in [-0.2, -0.15) is 0 Å². The first kappa shape index (κ1) is 17.9. The molecule has 0 aliphatic carbocycles. The van der Waals surface area contributed by atoms with Gasteiger partial charge in [0.25, 0.3) is 0 Å². The fourth-order valence-electron chi connectivity index (χ4n) is 1.63. The summed E-state index contributed by atoms with van der Waals surface area (Å²) in [6, 6.07) is 9.23. The van der Waals surface area contributed by atoms with Gasteiger partial charge in [0.2, 0.25) is 0 Å². The molecule has 0 aliphatic rings. The number of benzene rings is 2. The van der Waals surface area contributed by atoms with Gasteiger partial charge in [-0.1, -0.05) is 0 Å². The predicted octanol–water partition coefficient (Wildman–Crippen LogP) is 4.39. The van der Waals surface area contributed by atoms with Gasteiger partial charge in [0, 0.05) is 6.26 Å². The van der Waals surface area contributed by atoms with Gasteiger partial charge in [0.05, 0.1) is 8.47 Å². The summed E-state index contributed by atoms with van der Waals surface area (Å²) < 4.78 is 69.0. The molecule has 2 rings (SSSR count). The molecule has 0 aromatic heterocycles.